The predicted molar refractivity (Wildman–Crippen MR) is 117 cm³/mol. The van der Waals surface area contributed by atoms with Crippen LogP contribution in [-0.4, -0.2) is 25.2 Å². The van der Waals surface area contributed by atoms with Crippen LogP contribution in [0.25, 0.3) is 10.8 Å². The standard InChI is InChI=1S/C22H18N4O4S/c23-31(30,18-7-2-1-3-8-18)19-9-10-20-16(12-19)13-24-26(21(20)27)14-15-5-4-6-17(11-15)25-22(28)29/h1-13,23,25H,14H2,(H,28,29). The molecule has 9 heteroatoms. The molecule has 1 amide bonds. The van der Waals surface area contributed by atoms with Crippen molar-refractivity contribution in [1.82, 2.24) is 9.78 Å². The second-order valence-electron chi connectivity index (χ2n) is 6.86. The van der Waals surface area contributed by atoms with E-state index in [0.29, 0.717) is 31.8 Å². The quantitative estimate of drug-likeness (QED) is 0.438. The summed E-state index contributed by atoms with van der Waals surface area (Å²) in [7, 11) is -3.21. The lowest BCUT2D eigenvalue weighted by Crippen LogP contribution is -2.23. The first-order chi connectivity index (χ1) is 14.8. The molecule has 156 valence electrons. The molecule has 3 N–H and O–H groups in total. The number of hydrogen-bond acceptors (Lipinski definition) is 5. The van der Waals surface area contributed by atoms with Gasteiger partial charge in [-0.2, -0.15) is 5.10 Å². The molecular weight excluding hydrogens is 416 g/mol. The first-order valence-electron chi connectivity index (χ1n) is 9.27. The van der Waals surface area contributed by atoms with E-state index in [1.165, 1.54) is 16.9 Å². The third-order valence-corrected chi connectivity index (χ3v) is 6.60. The highest BCUT2D eigenvalue weighted by atomic mass is 32.2. The molecule has 1 atom stereocenters. The van der Waals surface area contributed by atoms with Gasteiger partial charge in [-0.15, -0.1) is 0 Å². The highest BCUT2D eigenvalue weighted by molar-refractivity contribution is 7.92. The van der Waals surface area contributed by atoms with Gasteiger partial charge < -0.3 is 5.11 Å². The molecule has 4 aromatic rings. The van der Waals surface area contributed by atoms with Gasteiger partial charge in [0, 0.05) is 11.1 Å². The van der Waals surface area contributed by atoms with E-state index in [2.05, 4.69) is 10.4 Å². The van der Waals surface area contributed by atoms with E-state index in [0.717, 1.165) is 0 Å². The normalized spacial score (nSPS) is 12.9. The SMILES string of the molecule is N=S(=O)(c1ccccc1)c1ccc2c(=O)n(Cc3cccc(NC(=O)O)c3)ncc2c1. The van der Waals surface area contributed by atoms with Crippen LogP contribution < -0.4 is 10.9 Å². The molecule has 0 aliphatic rings. The second kappa shape index (κ2) is 8.04. The average molecular weight is 434 g/mol. The Morgan fingerprint density at radius 2 is 1.81 bits per heavy atom. The predicted octanol–water partition coefficient (Wildman–Crippen LogP) is 4.00. The van der Waals surface area contributed by atoms with E-state index in [1.54, 1.807) is 66.7 Å². The number of nitrogens with zero attached hydrogens (tertiary/aromatic N) is 2. The van der Waals surface area contributed by atoms with Crippen LogP contribution in [0.1, 0.15) is 5.56 Å². The summed E-state index contributed by atoms with van der Waals surface area (Å²) < 4.78 is 22.7. The number of nitrogens with one attached hydrogen (secondary N) is 2. The number of hydrogen-bond donors (Lipinski definition) is 3. The maximum Gasteiger partial charge on any atom is 0.409 e. The Bertz CT molecular complexity index is 1450. The van der Waals surface area contributed by atoms with Crippen molar-refractivity contribution in [2.45, 2.75) is 16.3 Å². The smallest absolute Gasteiger partial charge is 0.409 e. The Morgan fingerprint density at radius 1 is 1.03 bits per heavy atom. The topological polar surface area (TPSA) is 125 Å². The van der Waals surface area contributed by atoms with Gasteiger partial charge in [0.05, 0.1) is 27.9 Å². The summed E-state index contributed by atoms with van der Waals surface area (Å²) in [5, 5.41) is 16.2. The molecule has 0 aliphatic heterocycles. The van der Waals surface area contributed by atoms with Gasteiger partial charge in [-0.3, -0.25) is 10.1 Å². The Labute approximate surface area is 177 Å². The minimum atomic E-state index is -3.21. The largest absolute Gasteiger partial charge is 0.465 e. The van der Waals surface area contributed by atoms with Crippen LogP contribution in [0.5, 0.6) is 0 Å². The van der Waals surface area contributed by atoms with Crippen molar-refractivity contribution < 1.29 is 14.1 Å². The van der Waals surface area contributed by atoms with Crippen LogP contribution in [-0.2, 0) is 16.3 Å². The molecule has 0 radical (unpaired) electrons. The Kier molecular flexibility index (Phi) is 5.26. The van der Waals surface area contributed by atoms with Gasteiger partial charge in [0.25, 0.3) is 5.56 Å². The molecule has 0 fully saturated rings. The number of rotatable bonds is 5. The van der Waals surface area contributed by atoms with Crippen molar-refractivity contribution in [3.63, 3.8) is 0 Å². The average Bonchev–Trinajstić information content (AvgIpc) is 2.76. The van der Waals surface area contributed by atoms with Gasteiger partial charge in [0.15, 0.2) is 0 Å². The molecule has 0 aliphatic carbocycles. The lowest BCUT2D eigenvalue weighted by molar-refractivity contribution is 0.209. The second-order valence-corrected chi connectivity index (χ2v) is 8.91. The lowest BCUT2D eigenvalue weighted by Gasteiger charge is -2.10. The number of amides is 1. The van der Waals surface area contributed by atoms with Gasteiger partial charge in [-0.1, -0.05) is 30.3 Å². The van der Waals surface area contributed by atoms with Crippen molar-refractivity contribution in [2.75, 3.05) is 5.32 Å². The van der Waals surface area contributed by atoms with Crippen LogP contribution in [0.4, 0.5) is 10.5 Å². The van der Waals surface area contributed by atoms with Crippen molar-refractivity contribution in [3.8, 4) is 0 Å². The number of benzene rings is 3. The van der Waals surface area contributed by atoms with Crippen LogP contribution in [0, 0.1) is 4.78 Å². The summed E-state index contributed by atoms with van der Waals surface area (Å²) in [6, 6.07) is 19.9. The van der Waals surface area contributed by atoms with Gasteiger partial charge >= 0.3 is 6.09 Å². The van der Waals surface area contributed by atoms with Crippen LogP contribution in [0.15, 0.2) is 93.6 Å². The monoisotopic (exact) mass is 434 g/mol. The first kappa shape index (κ1) is 20.3. The molecule has 0 bridgehead atoms. The van der Waals surface area contributed by atoms with Crippen LogP contribution in [0.2, 0.25) is 0 Å². The molecule has 8 nitrogen and oxygen atoms in total. The maximum absolute atomic E-state index is 13.0. The van der Waals surface area contributed by atoms with E-state index in [9.17, 15) is 13.8 Å². The van der Waals surface area contributed by atoms with Gasteiger partial charge in [-0.25, -0.2) is 18.5 Å². The third kappa shape index (κ3) is 4.17. The fourth-order valence-electron chi connectivity index (χ4n) is 3.25. The lowest BCUT2D eigenvalue weighted by atomic mass is 10.2. The highest BCUT2D eigenvalue weighted by Crippen LogP contribution is 2.24. The summed E-state index contributed by atoms with van der Waals surface area (Å²) in [5.41, 5.74) is 0.765. The maximum atomic E-state index is 13.0. The zero-order valence-electron chi connectivity index (χ0n) is 16.2. The Morgan fingerprint density at radius 3 is 2.55 bits per heavy atom. The minimum absolute atomic E-state index is 0.158. The van der Waals surface area contributed by atoms with E-state index in [-0.39, 0.29) is 12.1 Å². The molecule has 1 unspecified atom stereocenters. The van der Waals surface area contributed by atoms with Gasteiger partial charge in [0.1, 0.15) is 9.73 Å². The third-order valence-electron chi connectivity index (χ3n) is 4.74. The Hall–Kier alpha value is -3.98. The van der Waals surface area contributed by atoms with Crippen molar-refractivity contribution >= 4 is 32.3 Å². The van der Waals surface area contributed by atoms with E-state index in [4.69, 9.17) is 9.89 Å². The van der Waals surface area contributed by atoms with Crippen LogP contribution in [0.3, 0.4) is 0 Å². The van der Waals surface area contributed by atoms with E-state index >= 15 is 0 Å². The molecular formula is C22H18N4O4S. The first-order valence-corrected chi connectivity index (χ1v) is 10.8. The van der Waals surface area contributed by atoms with Crippen molar-refractivity contribution in [3.05, 3.63) is 94.9 Å². The molecule has 1 heterocycles. The number of carbonyl (C=O) groups is 1. The minimum Gasteiger partial charge on any atom is -0.465 e. The highest BCUT2D eigenvalue weighted by Gasteiger charge is 2.15. The van der Waals surface area contributed by atoms with E-state index in [1.807, 2.05) is 0 Å². The Balaban J connectivity index is 1.69. The van der Waals surface area contributed by atoms with Crippen molar-refractivity contribution in [2.24, 2.45) is 0 Å². The number of carboxylic acid groups (broad SMARTS) is 1. The molecule has 0 saturated heterocycles. The number of fused-ring (bicyclic) bond motifs is 1. The molecule has 0 spiro atoms. The summed E-state index contributed by atoms with van der Waals surface area (Å²) in [4.78, 5) is 24.4. The van der Waals surface area contributed by atoms with E-state index < -0.39 is 15.8 Å². The summed E-state index contributed by atoms with van der Waals surface area (Å²) in [6.45, 7) is 0.158. The van der Waals surface area contributed by atoms with Crippen molar-refractivity contribution in [1.29, 1.82) is 4.78 Å². The van der Waals surface area contributed by atoms with Gasteiger partial charge in [0.2, 0.25) is 0 Å². The zero-order valence-corrected chi connectivity index (χ0v) is 17.0. The summed E-state index contributed by atoms with van der Waals surface area (Å²) in [5.74, 6) is 0. The molecule has 0 saturated carbocycles. The van der Waals surface area contributed by atoms with Crippen LogP contribution >= 0.6 is 0 Å². The summed E-state index contributed by atoms with van der Waals surface area (Å²) >= 11 is 0. The van der Waals surface area contributed by atoms with Gasteiger partial charge in [-0.05, 0) is 48.0 Å². The molecule has 1 aromatic heterocycles. The molecule has 3 aromatic carbocycles. The summed E-state index contributed by atoms with van der Waals surface area (Å²) in [6.07, 6.45) is 0.329. The zero-order chi connectivity index (χ0) is 22.0. The number of anilines is 1. The molecule has 31 heavy (non-hydrogen) atoms. The number of aromatic nitrogens is 2. The fraction of sp³-hybridized carbons (Fsp3) is 0.0455. The molecule has 4 rings (SSSR count). The fourth-order valence-corrected chi connectivity index (χ4v) is 4.61.